The lowest BCUT2D eigenvalue weighted by Crippen LogP contribution is -2.45. The summed E-state index contributed by atoms with van der Waals surface area (Å²) in [5.41, 5.74) is 1.28. The summed E-state index contributed by atoms with van der Waals surface area (Å²) in [5, 5.41) is 7.69. The minimum Gasteiger partial charge on any atom is -0.323 e. The first-order valence-corrected chi connectivity index (χ1v) is 7.04. The number of hydrogen-bond acceptors (Lipinski definition) is 2. The van der Waals surface area contributed by atoms with Gasteiger partial charge in [0.25, 0.3) is 0 Å². The lowest BCUT2D eigenvalue weighted by molar-refractivity contribution is -0.124. The average molecular weight is 290 g/mol. The highest BCUT2D eigenvalue weighted by Gasteiger charge is 2.45. The predicted octanol–water partition coefficient (Wildman–Crippen LogP) is 3.13. The third-order valence-corrected chi connectivity index (χ3v) is 4.22. The second-order valence-corrected chi connectivity index (χ2v) is 5.74. The van der Waals surface area contributed by atoms with Crippen LogP contribution < -0.4 is 5.32 Å². The summed E-state index contributed by atoms with van der Waals surface area (Å²) >= 11 is 6.06. The first-order valence-electron chi connectivity index (χ1n) is 6.66. The van der Waals surface area contributed by atoms with Gasteiger partial charge >= 0.3 is 0 Å². The first-order chi connectivity index (χ1) is 9.60. The number of carbonyl (C=O) groups excluding carboxylic acids is 1. The zero-order chi connectivity index (χ0) is 14.2. The number of amides is 1. The van der Waals surface area contributed by atoms with Crippen LogP contribution in [0.5, 0.6) is 0 Å². The van der Waals surface area contributed by atoms with Crippen LogP contribution in [-0.2, 0) is 17.3 Å². The molecule has 1 saturated carbocycles. The van der Waals surface area contributed by atoms with Crippen molar-refractivity contribution < 1.29 is 4.79 Å². The van der Waals surface area contributed by atoms with Crippen molar-refractivity contribution in [2.75, 3.05) is 5.32 Å². The van der Waals surface area contributed by atoms with Crippen LogP contribution in [0.15, 0.2) is 36.7 Å². The molecule has 1 fully saturated rings. The number of hydrogen-bond donors (Lipinski definition) is 1. The molecular weight excluding hydrogens is 274 g/mol. The summed E-state index contributed by atoms with van der Waals surface area (Å²) < 4.78 is 1.67. The summed E-state index contributed by atoms with van der Waals surface area (Å²) in [6, 6.07) is 7.60. The van der Waals surface area contributed by atoms with Crippen LogP contribution in [0.2, 0.25) is 5.02 Å². The van der Waals surface area contributed by atoms with Crippen molar-refractivity contribution in [3.8, 4) is 0 Å². The molecule has 0 radical (unpaired) electrons. The van der Waals surface area contributed by atoms with Gasteiger partial charge in [0.15, 0.2) is 0 Å². The molecule has 1 amide bonds. The highest BCUT2D eigenvalue weighted by molar-refractivity contribution is 6.30. The molecule has 1 aromatic heterocycles. The summed E-state index contributed by atoms with van der Waals surface area (Å²) in [5.74, 6) is 0.0269. The van der Waals surface area contributed by atoms with Crippen LogP contribution in [0.3, 0.4) is 0 Å². The van der Waals surface area contributed by atoms with E-state index in [0.717, 1.165) is 30.5 Å². The third-order valence-electron chi connectivity index (χ3n) is 3.98. The standard InChI is InChI=1S/C15H16ClN3O/c1-19-10-13(9-17-19)18-14(20)15(6-3-7-15)11-4-2-5-12(16)8-11/h2,4-5,8-10H,3,6-7H2,1H3,(H,18,20). The fraction of sp³-hybridized carbons (Fsp3) is 0.333. The van der Waals surface area contributed by atoms with Crippen LogP contribution >= 0.6 is 11.6 Å². The maximum Gasteiger partial charge on any atom is 0.235 e. The first kappa shape index (κ1) is 13.2. The zero-order valence-corrected chi connectivity index (χ0v) is 12.0. The number of halogens is 1. The van der Waals surface area contributed by atoms with E-state index in [9.17, 15) is 4.79 Å². The van der Waals surface area contributed by atoms with Gasteiger partial charge in [-0.2, -0.15) is 5.10 Å². The maximum atomic E-state index is 12.6. The van der Waals surface area contributed by atoms with E-state index in [1.165, 1.54) is 0 Å². The van der Waals surface area contributed by atoms with E-state index in [1.54, 1.807) is 17.1 Å². The van der Waals surface area contributed by atoms with Gasteiger partial charge in [-0.05, 0) is 30.5 Å². The molecule has 1 aliphatic carbocycles. The molecule has 1 aliphatic rings. The average Bonchev–Trinajstić information content (AvgIpc) is 2.73. The third kappa shape index (κ3) is 2.20. The zero-order valence-electron chi connectivity index (χ0n) is 11.3. The molecule has 0 atom stereocenters. The van der Waals surface area contributed by atoms with Gasteiger partial charge in [0.2, 0.25) is 5.91 Å². The van der Waals surface area contributed by atoms with Crippen LogP contribution in [0.4, 0.5) is 5.69 Å². The number of carbonyl (C=O) groups is 1. The minimum atomic E-state index is -0.444. The number of nitrogens with one attached hydrogen (secondary N) is 1. The van der Waals surface area contributed by atoms with E-state index in [1.807, 2.05) is 31.3 Å². The van der Waals surface area contributed by atoms with Gasteiger partial charge in [-0.1, -0.05) is 30.2 Å². The fourth-order valence-electron chi connectivity index (χ4n) is 2.70. The molecule has 1 N–H and O–H groups in total. The van der Waals surface area contributed by atoms with Crippen molar-refractivity contribution in [1.29, 1.82) is 0 Å². The molecular formula is C15H16ClN3O. The summed E-state index contributed by atoms with van der Waals surface area (Å²) in [4.78, 5) is 12.6. The van der Waals surface area contributed by atoms with Crippen LogP contribution in [0, 0.1) is 0 Å². The van der Waals surface area contributed by atoms with E-state index in [2.05, 4.69) is 10.4 Å². The van der Waals surface area contributed by atoms with Gasteiger partial charge in [0.05, 0.1) is 17.3 Å². The van der Waals surface area contributed by atoms with Crippen LogP contribution in [-0.4, -0.2) is 15.7 Å². The lowest BCUT2D eigenvalue weighted by atomic mass is 9.64. The van der Waals surface area contributed by atoms with E-state index in [-0.39, 0.29) is 5.91 Å². The quantitative estimate of drug-likeness (QED) is 0.943. The molecule has 0 bridgehead atoms. The van der Waals surface area contributed by atoms with Gasteiger partial charge < -0.3 is 5.32 Å². The molecule has 0 unspecified atom stereocenters. The Balaban J connectivity index is 1.87. The maximum absolute atomic E-state index is 12.6. The van der Waals surface area contributed by atoms with Crippen LogP contribution in [0.25, 0.3) is 0 Å². The van der Waals surface area contributed by atoms with Crippen molar-refractivity contribution in [2.24, 2.45) is 7.05 Å². The lowest BCUT2D eigenvalue weighted by Gasteiger charge is -2.40. The van der Waals surface area contributed by atoms with Gasteiger partial charge in [0, 0.05) is 18.3 Å². The number of nitrogens with zero attached hydrogens (tertiary/aromatic N) is 2. The number of anilines is 1. The van der Waals surface area contributed by atoms with Crippen molar-refractivity contribution >= 4 is 23.2 Å². The molecule has 5 heteroatoms. The van der Waals surface area contributed by atoms with Gasteiger partial charge in [-0.25, -0.2) is 0 Å². The number of aromatic nitrogens is 2. The Bertz CT molecular complexity index is 646. The summed E-state index contributed by atoms with van der Waals surface area (Å²) in [7, 11) is 1.83. The second-order valence-electron chi connectivity index (χ2n) is 5.30. The monoisotopic (exact) mass is 289 g/mol. The molecule has 2 aromatic rings. The number of aryl methyl sites for hydroxylation is 1. The normalized spacial score (nSPS) is 16.5. The Morgan fingerprint density at radius 2 is 2.25 bits per heavy atom. The predicted molar refractivity (Wildman–Crippen MR) is 78.8 cm³/mol. The molecule has 0 spiro atoms. The Kier molecular flexibility index (Phi) is 3.26. The van der Waals surface area contributed by atoms with E-state index < -0.39 is 5.41 Å². The Hall–Kier alpha value is -1.81. The number of rotatable bonds is 3. The molecule has 0 aliphatic heterocycles. The van der Waals surface area contributed by atoms with Crippen molar-refractivity contribution in [3.63, 3.8) is 0 Å². The minimum absolute atomic E-state index is 0.0269. The SMILES string of the molecule is Cn1cc(NC(=O)C2(c3cccc(Cl)c3)CCC2)cn1. The molecule has 4 nitrogen and oxygen atoms in total. The van der Waals surface area contributed by atoms with Gasteiger partial charge in [-0.15, -0.1) is 0 Å². The van der Waals surface area contributed by atoms with Crippen molar-refractivity contribution in [2.45, 2.75) is 24.7 Å². The summed E-state index contributed by atoms with van der Waals surface area (Å²) in [6.45, 7) is 0. The van der Waals surface area contributed by atoms with E-state index in [0.29, 0.717) is 5.02 Å². The Labute approximate surface area is 122 Å². The van der Waals surface area contributed by atoms with Crippen molar-refractivity contribution in [1.82, 2.24) is 9.78 Å². The molecule has 104 valence electrons. The highest BCUT2D eigenvalue weighted by atomic mass is 35.5. The molecule has 3 rings (SSSR count). The molecule has 1 heterocycles. The van der Waals surface area contributed by atoms with E-state index >= 15 is 0 Å². The van der Waals surface area contributed by atoms with Gasteiger partial charge in [-0.3, -0.25) is 9.48 Å². The highest BCUT2D eigenvalue weighted by Crippen LogP contribution is 2.45. The smallest absolute Gasteiger partial charge is 0.235 e. The van der Waals surface area contributed by atoms with Gasteiger partial charge in [0.1, 0.15) is 0 Å². The summed E-state index contributed by atoms with van der Waals surface area (Å²) in [6.07, 6.45) is 6.23. The molecule has 1 aromatic carbocycles. The number of benzene rings is 1. The molecule has 20 heavy (non-hydrogen) atoms. The topological polar surface area (TPSA) is 46.9 Å². The molecule has 0 saturated heterocycles. The van der Waals surface area contributed by atoms with Crippen LogP contribution in [0.1, 0.15) is 24.8 Å². The Morgan fingerprint density at radius 1 is 1.45 bits per heavy atom. The second kappa shape index (κ2) is 4.94. The Morgan fingerprint density at radius 3 is 2.80 bits per heavy atom. The fourth-order valence-corrected chi connectivity index (χ4v) is 2.89. The largest absolute Gasteiger partial charge is 0.323 e. The van der Waals surface area contributed by atoms with Crippen molar-refractivity contribution in [3.05, 3.63) is 47.2 Å². The van der Waals surface area contributed by atoms with E-state index in [4.69, 9.17) is 11.6 Å².